The lowest BCUT2D eigenvalue weighted by Crippen LogP contribution is -2.16. The summed E-state index contributed by atoms with van der Waals surface area (Å²) in [5.74, 6) is 1.02. The maximum Gasteiger partial charge on any atom is 0.188 e. The van der Waals surface area contributed by atoms with Gasteiger partial charge in [0.05, 0.1) is 29.9 Å². The maximum absolute atomic E-state index is 8.90. The largest absolute Gasteiger partial charge is 0.495 e. The molecule has 0 spiro atoms. The van der Waals surface area contributed by atoms with Crippen molar-refractivity contribution in [1.82, 2.24) is 9.55 Å². The zero-order valence-electron chi connectivity index (χ0n) is 15.6. The van der Waals surface area contributed by atoms with Gasteiger partial charge in [-0.2, -0.15) is 0 Å². The Morgan fingerprint density at radius 2 is 2.15 bits per heavy atom. The zero-order chi connectivity index (χ0) is 19.6. The van der Waals surface area contributed by atoms with Crippen LogP contribution in [0.2, 0.25) is 5.02 Å². The van der Waals surface area contributed by atoms with Gasteiger partial charge in [-0.05, 0) is 42.7 Å². The minimum absolute atomic E-state index is 0.0101. The molecule has 3 rings (SSSR count). The van der Waals surface area contributed by atoms with Gasteiger partial charge in [-0.25, -0.2) is 4.98 Å². The molecule has 0 amide bonds. The van der Waals surface area contributed by atoms with Gasteiger partial charge in [-0.15, -0.1) is 0 Å². The van der Waals surface area contributed by atoms with Crippen molar-refractivity contribution in [3.63, 3.8) is 0 Å². The molecule has 0 aliphatic carbocycles. The molecule has 3 aromatic rings. The molecule has 0 bridgehead atoms. The second-order valence-corrected chi connectivity index (χ2v) is 6.92. The lowest BCUT2D eigenvalue weighted by atomic mass is 10.0. The topological polar surface area (TPSA) is 85.7 Å². The second kappa shape index (κ2) is 7.88. The molecule has 7 heteroatoms. The van der Waals surface area contributed by atoms with Crippen LogP contribution >= 0.6 is 11.6 Å². The van der Waals surface area contributed by atoms with Gasteiger partial charge < -0.3 is 20.2 Å². The standard InChI is InChI=1S/C20H23ClN4O2/c1-4-12(2)17-8-13-9-19(27-3)15(21)10-18(13)25(17)11-14-6-5-7-16(23-14)20(22)24-26/h5-10,12,26H,4,11H2,1-3H3,(H2,22,24). The summed E-state index contributed by atoms with van der Waals surface area (Å²) in [5, 5.41) is 13.6. The Hall–Kier alpha value is -2.73. The number of oxime groups is 1. The molecule has 27 heavy (non-hydrogen) atoms. The number of amidine groups is 1. The van der Waals surface area contributed by atoms with E-state index < -0.39 is 0 Å². The fourth-order valence-corrected chi connectivity index (χ4v) is 3.39. The van der Waals surface area contributed by atoms with E-state index in [-0.39, 0.29) is 5.84 Å². The van der Waals surface area contributed by atoms with E-state index in [1.807, 2.05) is 24.3 Å². The van der Waals surface area contributed by atoms with E-state index in [0.29, 0.717) is 28.9 Å². The van der Waals surface area contributed by atoms with Crippen LogP contribution in [0.25, 0.3) is 10.9 Å². The number of pyridine rings is 1. The highest BCUT2D eigenvalue weighted by Gasteiger charge is 2.17. The quantitative estimate of drug-likeness (QED) is 0.285. The molecule has 1 unspecified atom stereocenters. The summed E-state index contributed by atoms with van der Waals surface area (Å²) >= 11 is 6.37. The third-order valence-electron chi connectivity index (χ3n) is 4.82. The van der Waals surface area contributed by atoms with E-state index in [4.69, 9.17) is 27.3 Å². The smallest absolute Gasteiger partial charge is 0.188 e. The Morgan fingerprint density at radius 1 is 1.37 bits per heavy atom. The SMILES string of the molecule is CCC(C)c1cc2cc(OC)c(Cl)cc2n1Cc1cccc(C(N)=NO)n1. The predicted octanol–water partition coefficient (Wildman–Crippen LogP) is 4.35. The molecule has 0 fully saturated rings. The third-order valence-corrected chi connectivity index (χ3v) is 5.12. The van der Waals surface area contributed by atoms with Crippen LogP contribution in [0.1, 0.15) is 43.3 Å². The van der Waals surface area contributed by atoms with Gasteiger partial charge in [0.25, 0.3) is 0 Å². The summed E-state index contributed by atoms with van der Waals surface area (Å²) in [5.41, 5.74) is 9.15. The van der Waals surface area contributed by atoms with Crippen molar-refractivity contribution in [1.29, 1.82) is 0 Å². The summed E-state index contributed by atoms with van der Waals surface area (Å²) in [6, 6.07) is 11.5. The molecule has 0 saturated carbocycles. The highest BCUT2D eigenvalue weighted by molar-refractivity contribution is 6.32. The second-order valence-electron chi connectivity index (χ2n) is 6.51. The van der Waals surface area contributed by atoms with Crippen LogP contribution in [0.15, 0.2) is 41.6 Å². The molecule has 0 aliphatic rings. The number of aromatic nitrogens is 2. The fraction of sp³-hybridized carbons (Fsp3) is 0.300. The highest BCUT2D eigenvalue weighted by Crippen LogP contribution is 2.34. The lowest BCUT2D eigenvalue weighted by molar-refractivity contribution is 0.318. The van der Waals surface area contributed by atoms with Crippen LogP contribution in [0, 0.1) is 0 Å². The van der Waals surface area contributed by atoms with Gasteiger partial charge >= 0.3 is 0 Å². The minimum Gasteiger partial charge on any atom is -0.495 e. The molecule has 1 atom stereocenters. The van der Waals surface area contributed by atoms with Crippen molar-refractivity contribution in [3.05, 3.63) is 58.5 Å². The summed E-state index contributed by atoms with van der Waals surface area (Å²) in [4.78, 5) is 4.51. The van der Waals surface area contributed by atoms with Crippen LogP contribution in [-0.4, -0.2) is 27.7 Å². The summed E-state index contributed by atoms with van der Waals surface area (Å²) in [7, 11) is 1.61. The number of hydrogen-bond acceptors (Lipinski definition) is 4. The average molecular weight is 387 g/mol. The van der Waals surface area contributed by atoms with E-state index in [1.165, 1.54) is 5.69 Å². The van der Waals surface area contributed by atoms with Crippen molar-refractivity contribution in [2.75, 3.05) is 7.11 Å². The van der Waals surface area contributed by atoms with E-state index in [1.54, 1.807) is 13.2 Å². The summed E-state index contributed by atoms with van der Waals surface area (Å²) < 4.78 is 7.57. The predicted molar refractivity (Wildman–Crippen MR) is 108 cm³/mol. The minimum atomic E-state index is -0.0101. The summed E-state index contributed by atoms with van der Waals surface area (Å²) in [6.45, 7) is 4.92. The van der Waals surface area contributed by atoms with Crippen LogP contribution in [0.3, 0.4) is 0 Å². The maximum atomic E-state index is 8.90. The molecule has 2 heterocycles. The number of ether oxygens (including phenoxy) is 1. The molecule has 6 nitrogen and oxygen atoms in total. The molecular formula is C20H23ClN4O2. The van der Waals surface area contributed by atoms with E-state index in [2.05, 4.69) is 34.6 Å². The molecule has 1 aromatic carbocycles. The Labute approximate surface area is 163 Å². The first-order valence-electron chi connectivity index (χ1n) is 8.79. The Bertz CT molecular complexity index is 997. The van der Waals surface area contributed by atoms with Crippen molar-refractivity contribution in [2.24, 2.45) is 10.9 Å². The van der Waals surface area contributed by atoms with Gasteiger partial charge in [0.1, 0.15) is 11.4 Å². The molecule has 0 aliphatic heterocycles. The normalized spacial score (nSPS) is 13.1. The van der Waals surface area contributed by atoms with Crippen LogP contribution in [-0.2, 0) is 6.54 Å². The molecule has 0 saturated heterocycles. The third kappa shape index (κ3) is 3.71. The van der Waals surface area contributed by atoms with Gasteiger partial charge in [0.2, 0.25) is 0 Å². The lowest BCUT2D eigenvalue weighted by Gasteiger charge is -2.15. The van der Waals surface area contributed by atoms with Crippen LogP contribution in [0.4, 0.5) is 0 Å². The van der Waals surface area contributed by atoms with E-state index >= 15 is 0 Å². The molecular weight excluding hydrogens is 364 g/mol. The number of nitrogens with zero attached hydrogens (tertiary/aromatic N) is 3. The van der Waals surface area contributed by atoms with Gasteiger partial charge in [0.15, 0.2) is 5.84 Å². The van der Waals surface area contributed by atoms with Crippen molar-refractivity contribution in [3.8, 4) is 5.75 Å². The first-order chi connectivity index (χ1) is 13.0. The number of fused-ring (bicyclic) bond motifs is 1. The first kappa shape index (κ1) is 19.0. The van der Waals surface area contributed by atoms with Crippen molar-refractivity contribution in [2.45, 2.75) is 32.7 Å². The fourth-order valence-electron chi connectivity index (χ4n) is 3.16. The average Bonchev–Trinajstić information content (AvgIpc) is 3.03. The number of benzene rings is 1. The molecule has 2 aromatic heterocycles. The number of halogens is 1. The summed E-state index contributed by atoms with van der Waals surface area (Å²) in [6.07, 6.45) is 1.01. The number of methoxy groups -OCH3 is 1. The Balaban J connectivity index is 2.13. The van der Waals surface area contributed by atoms with Crippen molar-refractivity contribution >= 4 is 28.3 Å². The number of hydrogen-bond donors (Lipinski definition) is 2. The van der Waals surface area contributed by atoms with Crippen LogP contribution in [0.5, 0.6) is 5.75 Å². The monoisotopic (exact) mass is 386 g/mol. The van der Waals surface area contributed by atoms with Crippen LogP contribution < -0.4 is 10.5 Å². The van der Waals surface area contributed by atoms with Gasteiger partial charge in [0, 0.05) is 11.1 Å². The first-order valence-corrected chi connectivity index (χ1v) is 9.16. The van der Waals surface area contributed by atoms with Gasteiger partial charge in [-0.3, -0.25) is 0 Å². The zero-order valence-corrected chi connectivity index (χ0v) is 16.4. The Kier molecular flexibility index (Phi) is 5.56. The molecule has 0 radical (unpaired) electrons. The number of nitrogens with two attached hydrogens (primary N) is 1. The highest BCUT2D eigenvalue weighted by atomic mass is 35.5. The molecule has 142 valence electrons. The van der Waals surface area contributed by atoms with Gasteiger partial charge in [-0.1, -0.05) is 36.7 Å². The Morgan fingerprint density at radius 3 is 2.81 bits per heavy atom. The van der Waals surface area contributed by atoms with E-state index in [9.17, 15) is 0 Å². The van der Waals surface area contributed by atoms with Crippen molar-refractivity contribution < 1.29 is 9.94 Å². The number of rotatable bonds is 6. The van der Waals surface area contributed by atoms with E-state index in [0.717, 1.165) is 23.0 Å². The molecule has 3 N–H and O–H groups in total.